The van der Waals surface area contributed by atoms with Gasteiger partial charge in [0.1, 0.15) is 0 Å². The third-order valence-electron chi connectivity index (χ3n) is 1.74. The zero-order valence-corrected chi connectivity index (χ0v) is 8.52. The molecule has 1 amide bonds. The Morgan fingerprint density at radius 2 is 1.88 bits per heavy atom. The molecule has 0 saturated heterocycles. The topological polar surface area (TPSA) is 150 Å². The molecule has 9 heteroatoms. The number of hydrogen-bond donors (Lipinski definition) is 5. The molecule has 0 radical (unpaired) electrons. The van der Waals surface area contributed by atoms with Gasteiger partial charge in [-0.05, 0) is 6.07 Å². The molecule has 0 atom stereocenters. The average molecular weight is 248 g/mol. The van der Waals surface area contributed by atoms with E-state index in [1.807, 2.05) is 0 Å². The number of nitrogens with two attached hydrogens (primary N) is 1. The fourth-order valence-electron chi connectivity index (χ4n) is 0.993. The fourth-order valence-corrected chi connectivity index (χ4v) is 1.52. The number of aromatic hydroxyl groups is 2. The molecule has 1 rings (SSSR count). The molecule has 0 spiro atoms. The first kappa shape index (κ1) is 12.2. The van der Waals surface area contributed by atoms with E-state index in [1.165, 1.54) is 0 Å². The highest BCUT2D eigenvalue weighted by Crippen LogP contribution is 2.31. The molecule has 0 fully saturated rings. The number of carbonyl (C=O) groups excluding carboxylic acids is 1. The summed E-state index contributed by atoms with van der Waals surface area (Å²) >= 11 is 0. The summed E-state index contributed by atoms with van der Waals surface area (Å²) in [5, 5.41) is 18.4. The van der Waals surface area contributed by atoms with Gasteiger partial charge in [-0.25, -0.2) is 5.84 Å². The smallest absolute Gasteiger partial charge is 0.294 e. The van der Waals surface area contributed by atoms with Crippen LogP contribution in [0.5, 0.6) is 11.5 Å². The van der Waals surface area contributed by atoms with E-state index in [-0.39, 0.29) is 0 Å². The number of phenolic OH excluding ortho intramolecular Hbond substituents is 2. The normalized spacial score (nSPS) is 11.1. The van der Waals surface area contributed by atoms with Crippen LogP contribution in [0.25, 0.3) is 0 Å². The highest BCUT2D eigenvalue weighted by Gasteiger charge is 2.20. The highest BCUT2D eigenvalue weighted by molar-refractivity contribution is 7.85. The summed E-state index contributed by atoms with van der Waals surface area (Å²) in [4.78, 5) is 10.3. The quantitative estimate of drug-likeness (QED) is 0.147. The molecule has 1 aromatic rings. The summed E-state index contributed by atoms with van der Waals surface area (Å²) in [7, 11) is -4.60. The van der Waals surface area contributed by atoms with Crippen molar-refractivity contribution in [2.45, 2.75) is 4.90 Å². The van der Waals surface area contributed by atoms with E-state index in [0.717, 1.165) is 0 Å². The Kier molecular flexibility index (Phi) is 3.03. The van der Waals surface area contributed by atoms with Crippen molar-refractivity contribution in [2.75, 3.05) is 0 Å². The Bertz CT molecular complexity index is 538. The lowest BCUT2D eigenvalue weighted by Crippen LogP contribution is -2.30. The van der Waals surface area contributed by atoms with Crippen LogP contribution in [-0.4, -0.2) is 29.1 Å². The summed E-state index contributed by atoms with van der Waals surface area (Å²) in [6, 6.07) is 1.27. The summed E-state index contributed by atoms with van der Waals surface area (Å²) in [6.45, 7) is 0. The van der Waals surface area contributed by atoms with Gasteiger partial charge in [-0.1, -0.05) is 0 Å². The Hall–Kier alpha value is -1.84. The lowest BCUT2D eigenvalue weighted by molar-refractivity contribution is 0.0950. The number of hydrogen-bond acceptors (Lipinski definition) is 6. The number of carbonyl (C=O) groups is 1. The van der Waals surface area contributed by atoms with Crippen molar-refractivity contribution in [1.29, 1.82) is 0 Å². The molecule has 0 aliphatic rings. The van der Waals surface area contributed by atoms with Gasteiger partial charge >= 0.3 is 0 Å². The largest absolute Gasteiger partial charge is 0.504 e. The predicted octanol–water partition coefficient (Wildman–Crippen LogP) is -1.05. The van der Waals surface area contributed by atoms with Gasteiger partial charge in [-0.15, -0.1) is 0 Å². The molecule has 8 nitrogen and oxygen atoms in total. The maximum absolute atomic E-state index is 11.1. The molecule has 88 valence electrons. The van der Waals surface area contributed by atoms with Crippen molar-refractivity contribution in [1.82, 2.24) is 5.43 Å². The van der Waals surface area contributed by atoms with Gasteiger partial charge in [0, 0.05) is 6.07 Å². The molecule has 0 aliphatic heterocycles. The average Bonchev–Trinajstić information content (AvgIpc) is 2.19. The monoisotopic (exact) mass is 248 g/mol. The van der Waals surface area contributed by atoms with Gasteiger partial charge in [0.25, 0.3) is 16.0 Å². The van der Waals surface area contributed by atoms with Gasteiger partial charge < -0.3 is 10.2 Å². The summed E-state index contributed by atoms with van der Waals surface area (Å²) in [6.07, 6.45) is 0. The number of hydrazine groups is 1. The Morgan fingerprint density at radius 3 is 2.31 bits per heavy atom. The summed E-state index contributed by atoms with van der Waals surface area (Å²) < 4.78 is 30.2. The Morgan fingerprint density at radius 1 is 1.31 bits per heavy atom. The maximum atomic E-state index is 11.1. The Balaban J connectivity index is 3.51. The van der Waals surface area contributed by atoms with Crippen LogP contribution >= 0.6 is 0 Å². The fraction of sp³-hybridized carbons (Fsp3) is 0. The maximum Gasteiger partial charge on any atom is 0.294 e. The van der Waals surface area contributed by atoms with Crippen LogP contribution < -0.4 is 11.3 Å². The van der Waals surface area contributed by atoms with E-state index in [9.17, 15) is 18.3 Å². The number of nitrogens with one attached hydrogen (secondary N) is 1. The number of nitrogen functional groups attached to an aromatic ring is 1. The molecule has 1 aromatic carbocycles. The molecule has 0 aromatic heterocycles. The molecule has 0 saturated carbocycles. The summed E-state index contributed by atoms with van der Waals surface area (Å²) in [5.41, 5.74) is 1.07. The second-order valence-electron chi connectivity index (χ2n) is 2.79. The van der Waals surface area contributed by atoms with Gasteiger partial charge in [-0.3, -0.25) is 14.8 Å². The molecule has 6 N–H and O–H groups in total. The minimum atomic E-state index is -4.60. The first-order valence-electron chi connectivity index (χ1n) is 3.81. The van der Waals surface area contributed by atoms with Crippen molar-refractivity contribution >= 4 is 16.0 Å². The van der Waals surface area contributed by atoms with Crippen LogP contribution in [0, 0.1) is 0 Å². The molecular formula is C7H8N2O6S. The Labute approximate surface area is 90.0 Å². The molecule has 0 unspecified atom stereocenters. The van der Waals surface area contributed by atoms with Crippen LogP contribution in [0.1, 0.15) is 10.4 Å². The van der Waals surface area contributed by atoms with Crippen molar-refractivity contribution in [3.05, 3.63) is 17.7 Å². The molecular weight excluding hydrogens is 240 g/mol. The van der Waals surface area contributed by atoms with Gasteiger partial charge in [0.05, 0.1) is 10.5 Å². The van der Waals surface area contributed by atoms with E-state index in [4.69, 9.17) is 15.5 Å². The van der Waals surface area contributed by atoms with Crippen LogP contribution in [0.3, 0.4) is 0 Å². The molecule has 0 aliphatic carbocycles. The second-order valence-corrected chi connectivity index (χ2v) is 4.21. The highest BCUT2D eigenvalue weighted by atomic mass is 32.2. The zero-order valence-electron chi connectivity index (χ0n) is 7.71. The van der Waals surface area contributed by atoms with Crippen LogP contribution in [0.2, 0.25) is 0 Å². The number of rotatable bonds is 2. The zero-order chi connectivity index (χ0) is 12.5. The van der Waals surface area contributed by atoms with E-state index in [1.54, 1.807) is 5.43 Å². The minimum absolute atomic E-state index is 0.574. The second kappa shape index (κ2) is 3.96. The number of amides is 1. The predicted molar refractivity (Wildman–Crippen MR) is 51.2 cm³/mol. The minimum Gasteiger partial charge on any atom is -0.504 e. The lowest BCUT2D eigenvalue weighted by Gasteiger charge is -2.06. The van der Waals surface area contributed by atoms with E-state index >= 15 is 0 Å². The van der Waals surface area contributed by atoms with Crippen molar-refractivity contribution in [3.8, 4) is 11.5 Å². The molecule has 0 heterocycles. The van der Waals surface area contributed by atoms with E-state index in [0.29, 0.717) is 12.1 Å². The van der Waals surface area contributed by atoms with E-state index < -0.39 is 38.0 Å². The standard InChI is InChI=1S/C7H8N2O6S/c8-9-7(12)4-1-3(16(13,14)15)2-5(10)6(4)11/h1-2,10-11H,8H2,(H,9,12)(H,13,14,15). The van der Waals surface area contributed by atoms with Crippen LogP contribution in [0.15, 0.2) is 17.0 Å². The third-order valence-corrected chi connectivity index (χ3v) is 2.57. The number of phenols is 2. The first-order valence-corrected chi connectivity index (χ1v) is 5.25. The molecule has 0 bridgehead atoms. The number of benzene rings is 1. The van der Waals surface area contributed by atoms with Crippen LogP contribution in [-0.2, 0) is 10.1 Å². The summed E-state index contributed by atoms with van der Waals surface area (Å²) in [5.74, 6) is 2.06. The van der Waals surface area contributed by atoms with Crippen molar-refractivity contribution in [2.24, 2.45) is 5.84 Å². The van der Waals surface area contributed by atoms with Gasteiger partial charge in [0.2, 0.25) is 0 Å². The SMILES string of the molecule is NNC(=O)c1cc(S(=O)(=O)O)cc(O)c1O. The van der Waals surface area contributed by atoms with Crippen LogP contribution in [0.4, 0.5) is 0 Å². The van der Waals surface area contributed by atoms with E-state index in [2.05, 4.69) is 0 Å². The van der Waals surface area contributed by atoms with Crippen molar-refractivity contribution < 1.29 is 28.0 Å². The van der Waals surface area contributed by atoms with Gasteiger partial charge in [-0.2, -0.15) is 8.42 Å². The first-order chi connectivity index (χ1) is 7.27. The lowest BCUT2D eigenvalue weighted by atomic mass is 10.2. The van der Waals surface area contributed by atoms with Crippen molar-refractivity contribution in [3.63, 3.8) is 0 Å². The third kappa shape index (κ3) is 2.21. The van der Waals surface area contributed by atoms with Gasteiger partial charge in [0.15, 0.2) is 11.5 Å². The molecule has 16 heavy (non-hydrogen) atoms.